The molecule has 1 unspecified atom stereocenters. The van der Waals surface area contributed by atoms with E-state index in [2.05, 4.69) is 38.6 Å². The van der Waals surface area contributed by atoms with E-state index in [-0.39, 0.29) is 6.42 Å². The molecule has 0 saturated carbocycles. The highest BCUT2D eigenvalue weighted by Gasteiger charge is 2.26. The van der Waals surface area contributed by atoms with Crippen molar-refractivity contribution in [3.05, 3.63) is 68.9 Å². The average molecular weight is 620 g/mol. The van der Waals surface area contributed by atoms with E-state index in [9.17, 15) is 9.59 Å². The molecule has 2 N–H and O–H groups in total. The van der Waals surface area contributed by atoms with E-state index in [1.165, 1.54) is 0 Å². The van der Waals surface area contributed by atoms with Crippen molar-refractivity contribution in [3.8, 4) is 11.1 Å². The molecule has 1 aromatic heterocycles. The third-order valence-electron chi connectivity index (χ3n) is 5.82. The number of hydrogen-bond acceptors (Lipinski definition) is 5. The Kier molecular flexibility index (Phi) is 10.6. The van der Waals surface area contributed by atoms with Gasteiger partial charge in [-0.05, 0) is 82.5 Å². The number of aromatic nitrogens is 2. The summed E-state index contributed by atoms with van der Waals surface area (Å²) in [7, 11) is 0. The number of anilines is 1. The maximum absolute atomic E-state index is 13.3. The van der Waals surface area contributed by atoms with Crippen LogP contribution >= 0.6 is 27.5 Å². The second-order valence-electron chi connectivity index (χ2n) is 10.3. The third-order valence-corrected chi connectivity index (χ3v) is 6.69. The number of nitrogens with zero attached hydrogens (tertiary/aromatic N) is 2. The molecule has 0 aliphatic heterocycles. The summed E-state index contributed by atoms with van der Waals surface area (Å²) in [6, 6.07) is 12.0. The minimum Gasteiger partial charge on any atom is -0.444 e. The van der Waals surface area contributed by atoms with Crippen LogP contribution in [0.25, 0.3) is 11.1 Å². The summed E-state index contributed by atoms with van der Waals surface area (Å²) < 4.78 is 13.7. The van der Waals surface area contributed by atoms with E-state index in [0.29, 0.717) is 29.6 Å². The molecule has 10 heteroatoms. The summed E-state index contributed by atoms with van der Waals surface area (Å²) >= 11 is 9.81. The zero-order valence-electron chi connectivity index (χ0n) is 23.2. The molecule has 210 valence electrons. The van der Waals surface area contributed by atoms with Crippen molar-refractivity contribution >= 4 is 45.2 Å². The Balaban J connectivity index is 1.78. The lowest BCUT2D eigenvalue weighted by Crippen LogP contribution is -2.47. The Labute approximate surface area is 243 Å². The van der Waals surface area contributed by atoms with Gasteiger partial charge in [-0.2, -0.15) is 5.10 Å². The molecular weight excluding hydrogens is 584 g/mol. The lowest BCUT2D eigenvalue weighted by Gasteiger charge is -2.23. The number of rotatable bonds is 10. The number of ether oxygens (including phenoxy) is 2. The van der Waals surface area contributed by atoms with Gasteiger partial charge >= 0.3 is 6.09 Å². The summed E-state index contributed by atoms with van der Waals surface area (Å²) in [5.41, 5.74) is 4.51. The molecule has 3 aromatic rings. The number of hydrogen-bond donors (Lipinski definition) is 2. The summed E-state index contributed by atoms with van der Waals surface area (Å²) in [5.74, 6) is -0.391. The summed E-state index contributed by atoms with van der Waals surface area (Å²) in [5, 5.41) is 10.7. The fraction of sp³-hybridized carbons (Fsp3) is 0.414. The quantitative estimate of drug-likeness (QED) is 0.237. The van der Waals surface area contributed by atoms with Gasteiger partial charge in [-0.1, -0.05) is 46.6 Å². The standard InChI is InChI=1S/C29H36BrClN4O4/c1-7-14-38-17-35-19(3)26(18(2)34-35)20-8-11-23(12-9-20)32-27(36)25(33-28(37)39-29(4,5)6)16-21-15-22(30)10-13-24(21)31/h8-13,15,25H,7,14,16-17H2,1-6H3,(H,32,36)(H,33,37). The predicted molar refractivity (Wildman–Crippen MR) is 158 cm³/mol. The van der Waals surface area contributed by atoms with E-state index >= 15 is 0 Å². The highest BCUT2D eigenvalue weighted by atomic mass is 79.9. The molecule has 0 spiro atoms. The molecule has 0 aliphatic carbocycles. The Hall–Kier alpha value is -2.88. The van der Waals surface area contributed by atoms with Crippen LogP contribution in [-0.2, 0) is 27.4 Å². The maximum atomic E-state index is 13.3. The van der Waals surface area contributed by atoms with Gasteiger partial charge in [0.15, 0.2) is 0 Å². The second-order valence-corrected chi connectivity index (χ2v) is 11.6. The predicted octanol–water partition coefficient (Wildman–Crippen LogP) is 7.04. The summed E-state index contributed by atoms with van der Waals surface area (Å²) in [6.45, 7) is 12.4. The number of carbonyl (C=O) groups excluding carboxylic acids is 2. The van der Waals surface area contributed by atoms with Gasteiger partial charge in [0.2, 0.25) is 5.91 Å². The first-order chi connectivity index (χ1) is 18.4. The number of nitrogens with one attached hydrogen (secondary N) is 2. The van der Waals surface area contributed by atoms with Crippen molar-refractivity contribution in [3.63, 3.8) is 0 Å². The van der Waals surface area contributed by atoms with Crippen LogP contribution < -0.4 is 10.6 Å². The fourth-order valence-corrected chi connectivity index (χ4v) is 4.67. The molecule has 39 heavy (non-hydrogen) atoms. The van der Waals surface area contributed by atoms with Gasteiger partial charge in [-0.25, -0.2) is 9.48 Å². The topological polar surface area (TPSA) is 94.5 Å². The van der Waals surface area contributed by atoms with Gasteiger partial charge in [0, 0.05) is 39.5 Å². The Bertz CT molecular complexity index is 1300. The van der Waals surface area contributed by atoms with Gasteiger partial charge in [0.1, 0.15) is 18.4 Å². The number of alkyl carbamates (subject to hydrolysis) is 1. The number of carbonyl (C=O) groups is 2. The third kappa shape index (κ3) is 8.81. The number of benzene rings is 2. The molecular formula is C29H36BrClN4O4. The highest BCUT2D eigenvalue weighted by Crippen LogP contribution is 2.28. The molecule has 8 nitrogen and oxygen atoms in total. The molecule has 0 bridgehead atoms. The van der Waals surface area contributed by atoms with Crippen LogP contribution in [0.4, 0.5) is 10.5 Å². The SMILES string of the molecule is CCCOCn1nc(C)c(-c2ccc(NC(=O)C(Cc3cc(Br)ccc3Cl)NC(=O)OC(C)(C)C)cc2)c1C. The van der Waals surface area contributed by atoms with Crippen LogP contribution in [0.2, 0.25) is 5.02 Å². The van der Waals surface area contributed by atoms with E-state index in [1.807, 2.05) is 54.9 Å². The number of aryl methyl sites for hydroxylation is 1. The largest absolute Gasteiger partial charge is 0.444 e. The van der Waals surface area contributed by atoms with Crippen molar-refractivity contribution in [2.75, 3.05) is 11.9 Å². The zero-order valence-corrected chi connectivity index (χ0v) is 25.6. The molecule has 2 amide bonds. The number of amides is 2. The van der Waals surface area contributed by atoms with Crippen LogP contribution in [0.5, 0.6) is 0 Å². The van der Waals surface area contributed by atoms with Crippen LogP contribution in [0.15, 0.2) is 46.9 Å². The summed E-state index contributed by atoms with van der Waals surface area (Å²) in [6.07, 6.45) is 0.442. The minimum atomic E-state index is -0.919. The van der Waals surface area contributed by atoms with Crippen LogP contribution in [-0.4, -0.2) is 40.0 Å². The highest BCUT2D eigenvalue weighted by molar-refractivity contribution is 9.10. The monoisotopic (exact) mass is 618 g/mol. The zero-order chi connectivity index (χ0) is 28.7. The van der Waals surface area contributed by atoms with Gasteiger partial charge in [-0.15, -0.1) is 0 Å². The lowest BCUT2D eigenvalue weighted by atomic mass is 10.0. The second kappa shape index (κ2) is 13.5. The molecule has 0 fully saturated rings. The van der Waals surface area contributed by atoms with Crippen molar-refractivity contribution in [1.82, 2.24) is 15.1 Å². The molecule has 0 saturated heterocycles. The van der Waals surface area contributed by atoms with Gasteiger partial charge in [0.05, 0.1) is 5.69 Å². The minimum absolute atomic E-state index is 0.180. The first-order valence-corrected chi connectivity index (χ1v) is 14.0. The molecule has 0 radical (unpaired) electrons. The summed E-state index contributed by atoms with van der Waals surface area (Å²) in [4.78, 5) is 25.9. The van der Waals surface area contributed by atoms with E-state index in [1.54, 1.807) is 26.8 Å². The van der Waals surface area contributed by atoms with Crippen molar-refractivity contribution in [1.29, 1.82) is 0 Å². The van der Waals surface area contributed by atoms with E-state index in [0.717, 1.165) is 33.4 Å². The lowest BCUT2D eigenvalue weighted by molar-refractivity contribution is -0.118. The first-order valence-electron chi connectivity index (χ1n) is 12.8. The van der Waals surface area contributed by atoms with E-state index < -0.39 is 23.6 Å². The van der Waals surface area contributed by atoms with Crippen LogP contribution in [0.1, 0.15) is 51.1 Å². The molecule has 2 aromatic carbocycles. The van der Waals surface area contributed by atoms with Gasteiger partial charge in [0.25, 0.3) is 0 Å². The van der Waals surface area contributed by atoms with Crippen LogP contribution in [0.3, 0.4) is 0 Å². The van der Waals surface area contributed by atoms with Crippen molar-refractivity contribution in [2.24, 2.45) is 0 Å². The average Bonchev–Trinajstić information content (AvgIpc) is 3.13. The van der Waals surface area contributed by atoms with E-state index in [4.69, 9.17) is 21.1 Å². The fourth-order valence-electron chi connectivity index (χ4n) is 4.06. The van der Waals surface area contributed by atoms with Gasteiger partial charge in [-0.3, -0.25) is 4.79 Å². The molecule has 1 heterocycles. The van der Waals surface area contributed by atoms with Crippen molar-refractivity contribution < 1.29 is 19.1 Å². The number of halogens is 2. The first kappa shape index (κ1) is 30.7. The Morgan fingerprint density at radius 2 is 1.82 bits per heavy atom. The Morgan fingerprint density at radius 1 is 1.13 bits per heavy atom. The van der Waals surface area contributed by atoms with Crippen LogP contribution in [0, 0.1) is 13.8 Å². The molecule has 1 atom stereocenters. The maximum Gasteiger partial charge on any atom is 0.408 e. The molecule has 3 rings (SSSR count). The normalized spacial score (nSPS) is 12.2. The van der Waals surface area contributed by atoms with Gasteiger partial charge < -0.3 is 20.1 Å². The Morgan fingerprint density at radius 3 is 2.46 bits per heavy atom. The smallest absolute Gasteiger partial charge is 0.408 e. The van der Waals surface area contributed by atoms with Crippen molar-refractivity contribution in [2.45, 2.75) is 72.8 Å². The molecule has 0 aliphatic rings.